The molecule has 3 nitrogen and oxygen atoms in total. The van der Waals surface area contributed by atoms with Gasteiger partial charge in [-0.1, -0.05) is 11.6 Å². The molecule has 1 aromatic rings. The van der Waals surface area contributed by atoms with Crippen molar-refractivity contribution >= 4 is 22.5 Å². The molecule has 0 aromatic carbocycles. The minimum Gasteiger partial charge on any atom is -0.243 e. The Morgan fingerprint density at radius 3 is 2.53 bits per heavy atom. The fraction of sp³-hybridized carbons (Fsp3) is 0.125. The van der Waals surface area contributed by atoms with Crippen LogP contribution in [0.3, 0.4) is 0 Å². The lowest BCUT2D eigenvalue weighted by molar-refractivity contribution is -0.0558. The Bertz CT molecular complexity index is 416. The molecule has 0 bridgehead atoms. The van der Waals surface area contributed by atoms with E-state index in [4.69, 9.17) is 16.9 Å². The lowest BCUT2D eigenvalue weighted by atomic mass is 10.3. The van der Waals surface area contributed by atoms with Gasteiger partial charge < -0.3 is 0 Å². The number of aromatic nitrogens is 1. The van der Waals surface area contributed by atoms with Crippen LogP contribution in [0.4, 0.5) is 18.9 Å². The molecule has 1 aromatic heterocycles. The summed E-state index contributed by atoms with van der Waals surface area (Å²) < 4.78 is 35.8. The van der Waals surface area contributed by atoms with E-state index in [9.17, 15) is 13.2 Å². The van der Waals surface area contributed by atoms with Crippen molar-refractivity contribution in [2.45, 2.75) is 6.18 Å². The third kappa shape index (κ3) is 3.22. The third-order valence-electron chi connectivity index (χ3n) is 1.32. The van der Waals surface area contributed by atoms with Crippen LogP contribution >= 0.6 is 11.6 Å². The number of rotatable bonds is 1. The van der Waals surface area contributed by atoms with E-state index in [1.54, 1.807) is 6.07 Å². The van der Waals surface area contributed by atoms with Gasteiger partial charge in [-0.15, -0.1) is 0 Å². The predicted molar refractivity (Wildman–Crippen MR) is 48.0 cm³/mol. The van der Waals surface area contributed by atoms with Gasteiger partial charge in [0.2, 0.25) is 5.17 Å². The average Bonchev–Trinajstić information content (AvgIpc) is 2.17. The fourth-order valence-electron chi connectivity index (χ4n) is 0.695. The van der Waals surface area contributed by atoms with Crippen LogP contribution in [-0.2, 0) is 0 Å². The standard InChI is InChI=1S/C8H3ClF3N3/c9-7(8(10,11)12)15-6-2-1-5(3-13)14-4-6/h1-2,4H. The normalized spacial score (nSPS) is 12.3. The highest BCUT2D eigenvalue weighted by molar-refractivity contribution is 6.67. The summed E-state index contributed by atoms with van der Waals surface area (Å²) in [4.78, 5) is 6.63. The predicted octanol–water partition coefficient (Wildman–Crippen LogP) is 2.78. The molecule has 0 N–H and O–H groups in total. The van der Waals surface area contributed by atoms with Crippen LogP contribution in [-0.4, -0.2) is 16.3 Å². The Morgan fingerprint density at radius 2 is 2.13 bits per heavy atom. The number of pyridine rings is 1. The molecule has 7 heteroatoms. The van der Waals surface area contributed by atoms with E-state index in [-0.39, 0.29) is 11.4 Å². The molecule has 15 heavy (non-hydrogen) atoms. The highest BCUT2D eigenvalue weighted by atomic mass is 35.5. The maximum atomic E-state index is 11.9. The van der Waals surface area contributed by atoms with Crippen molar-refractivity contribution in [3.8, 4) is 6.07 Å². The van der Waals surface area contributed by atoms with E-state index in [0.717, 1.165) is 6.20 Å². The van der Waals surface area contributed by atoms with Gasteiger partial charge in [0, 0.05) is 0 Å². The average molecular weight is 234 g/mol. The van der Waals surface area contributed by atoms with Crippen molar-refractivity contribution in [2.24, 2.45) is 4.99 Å². The quantitative estimate of drug-likeness (QED) is 0.701. The maximum Gasteiger partial charge on any atom is 0.444 e. The molecule has 0 aliphatic rings. The SMILES string of the molecule is N#Cc1ccc(N=C(Cl)C(F)(F)F)cn1. The van der Waals surface area contributed by atoms with Gasteiger partial charge in [0.1, 0.15) is 11.8 Å². The minimum absolute atomic E-state index is 0.0590. The van der Waals surface area contributed by atoms with Gasteiger partial charge >= 0.3 is 6.18 Å². The van der Waals surface area contributed by atoms with Crippen LogP contribution in [0, 0.1) is 11.3 Å². The van der Waals surface area contributed by atoms with Gasteiger partial charge in [-0.25, -0.2) is 9.98 Å². The van der Waals surface area contributed by atoms with E-state index in [1.807, 2.05) is 0 Å². The Balaban J connectivity index is 2.96. The summed E-state index contributed by atoms with van der Waals surface area (Å²) in [6.45, 7) is 0. The zero-order chi connectivity index (χ0) is 11.5. The zero-order valence-corrected chi connectivity index (χ0v) is 7.84. The number of hydrogen-bond donors (Lipinski definition) is 0. The summed E-state index contributed by atoms with van der Waals surface area (Å²) in [6, 6.07) is 4.19. The van der Waals surface area contributed by atoms with Crippen molar-refractivity contribution in [3.05, 3.63) is 24.0 Å². The molecular weight excluding hydrogens is 231 g/mol. The molecular formula is C8H3ClF3N3. The topological polar surface area (TPSA) is 49.0 Å². The first kappa shape index (κ1) is 11.5. The van der Waals surface area contributed by atoms with Gasteiger partial charge in [0.25, 0.3) is 0 Å². The molecule has 1 heterocycles. The van der Waals surface area contributed by atoms with E-state index in [0.29, 0.717) is 0 Å². The number of nitrogens with zero attached hydrogens (tertiary/aromatic N) is 3. The van der Waals surface area contributed by atoms with Crippen molar-refractivity contribution in [3.63, 3.8) is 0 Å². The zero-order valence-electron chi connectivity index (χ0n) is 7.09. The van der Waals surface area contributed by atoms with Crippen molar-refractivity contribution in [1.82, 2.24) is 4.98 Å². The molecule has 0 saturated carbocycles. The third-order valence-corrected chi connectivity index (χ3v) is 1.62. The van der Waals surface area contributed by atoms with Crippen LogP contribution in [0.15, 0.2) is 23.3 Å². The van der Waals surface area contributed by atoms with Crippen LogP contribution in [0.5, 0.6) is 0 Å². The molecule has 0 unspecified atom stereocenters. The van der Waals surface area contributed by atoms with Crippen LogP contribution in [0.25, 0.3) is 0 Å². The summed E-state index contributed by atoms with van der Waals surface area (Å²) in [5.74, 6) is 0. The molecule has 0 amide bonds. The van der Waals surface area contributed by atoms with Gasteiger partial charge in [-0.05, 0) is 12.1 Å². The van der Waals surface area contributed by atoms with Crippen molar-refractivity contribution < 1.29 is 13.2 Å². The molecule has 0 aliphatic heterocycles. The second-order valence-corrected chi connectivity index (χ2v) is 2.77. The Hall–Kier alpha value is -1.61. The highest BCUT2D eigenvalue weighted by Crippen LogP contribution is 2.23. The van der Waals surface area contributed by atoms with Crippen molar-refractivity contribution in [2.75, 3.05) is 0 Å². The summed E-state index contributed by atoms with van der Waals surface area (Å²) in [5.41, 5.74) is 0.0356. The van der Waals surface area contributed by atoms with Crippen LogP contribution < -0.4 is 0 Å². The molecule has 0 radical (unpaired) electrons. The summed E-state index contributed by atoms with van der Waals surface area (Å²) in [5, 5.41) is 6.91. The molecule has 0 fully saturated rings. The van der Waals surface area contributed by atoms with E-state index >= 15 is 0 Å². The fourth-order valence-corrected chi connectivity index (χ4v) is 0.793. The second kappa shape index (κ2) is 4.28. The largest absolute Gasteiger partial charge is 0.444 e. The summed E-state index contributed by atoms with van der Waals surface area (Å²) in [7, 11) is 0. The first-order valence-corrected chi connectivity index (χ1v) is 3.99. The first-order chi connectivity index (χ1) is 6.93. The highest BCUT2D eigenvalue weighted by Gasteiger charge is 2.34. The van der Waals surface area contributed by atoms with E-state index in [1.165, 1.54) is 12.1 Å². The second-order valence-electron chi connectivity index (χ2n) is 2.41. The summed E-state index contributed by atoms with van der Waals surface area (Å²) in [6.07, 6.45) is -3.64. The van der Waals surface area contributed by atoms with Crippen molar-refractivity contribution in [1.29, 1.82) is 5.26 Å². The lowest BCUT2D eigenvalue weighted by Crippen LogP contribution is -2.16. The smallest absolute Gasteiger partial charge is 0.243 e. The lowest BCUT2D eigenvalue weighted by Gasteiger charge is -2.02. The Kier molecular flexibility index (Phi) is 3.27. The minimum atomic E-state index is -4.67. The van der Waals surface area contributed by atoms with Crippen LogP contribution in [0.1, 0.15) is 5.69 Å². The number of halogens is 4. The molecule has 78 valence electrons. The van der Waals surface area contributed by atoms with Crippen LogP contribution in [0.2, 0.25) is 0 Å². The first-order valence-electron chi connectivity index (χ1n) is 3.61. The maximum absolute atomic E-state index is 11.9. The number of nitriles is 1. The molecule has 1 rings (SSSR count). The number of aliphatic imine (C=N–C) groups is 1. The molecule has 0 atom stereocenters. The Labute approximate surface area is 87.8 Å². The number of alkyl halides is 3. The van der Waals surface area contributed by atoms with Gasteiger partial charge in [-0.3, -0.25) is 0 Å². The Morgan fingerprint density at radius 1 is 1.47 bits per heavy atom. The van der Waals surface area contributed by atoms with E-state index in [2.05, 4.69) is 9.98 Å². The molecule has 0 aliphatic carbocycles. The van der Waals surface area contributed by atoms with Gasteiger partial charge in [0.05, 0.1) is 11.9 Å². The number of hydrogen-bond acceptors (Lipinski definition) is 3. The van der Waals surface area contributed by atoms with Gasteiger partial charge in [0.15, 0.2) is 0 Å². The van der Waals surface area contributed by atoms with E-state index < -0.39 is 11.3 Å². The van der Waals surface area contributed by atoms with Gasteiger partial charge in [-0.2, -0.15) is 18.4 Å². The molecule has 0 spiro atoms. The molecule has 0 saturated heterocycles. The summed E-state index contributed by atoms with van der Waals surface area (Å²) >= 11 is 4.90. The monoisotopic (exact) mass is 233 g/mol.